The number of ether oxygens (including phenoxy) is 2. The summed E-state index contributed by atoms with van der Waals surface area (Å²) in [6.45, 7) is 9.32. The molecule has 0 aromatic carbocycles. The number of hydrogen-bond donors (Lipinski definition) is 1. The number of hydrogen-bond acceptors (Lipinski definition) is 4. The number of rotatable bonds is 8. The van der Waals surface area contributed by atoms with E-state index in [0.717, 1.165) is 45.7 Å². The van der Waals surface area contributed by atoms with Crippen LogP contribution < -0.4 is 5.32 Å². The van der Waals surface area contributed by atoms with Gasteiger partial charge in [0.25, 0.3) is 0 Å². The molecule has 0 amide bonds. The molecule has 1 aliphatic rings. The van der Waals surface area contributed by atoms with Crippen LogP contribution in [0.3, 0.4) is 0 Å². The maximum Gasteiger partial charge on any atom is 0.0612 e. The lowest BCUT2D eigenvalue weighted by molar-refractivity contribution is -0.0244. The van der Waals surface area contributed by atoms with Crippen LogP contribution in [0.2, 0.25) is 0 Å². The Bertz CT molecular complexity index is 212. The van der Waals surface area contributed by atoms with Crippen LogP contribution >= 0.6 is 0 Å². The molecular weight excluding hydrogens is 228 g/mol. The van der Waals surface area contributed by atoms with Gasteiger partial charge in [-0.3, -0.25) is 0 Å². The number of likely N-dealkylation sites (N-methyl/N-ethyl adjacent to an activating group) is 1. The van der Waals surface area contributed by atoms with E-state index in [1.54, 1.807) is 7.11 Å². The molecular formula is C14H30N2O2. The Balaban J connectivity index is 2.11. The molecule has 4 heteroatoms. The van der Waals surface area contributed by atoms with E-state index >= 15 is 0 Å². The van der Waals surface area contributed by atoms with Gasteiger partial charge in [-0.05, 0) is 25.8 Å². The highest BCUT2D eigenvalue weighted by Crippen LogP contribution is 2.19. The van der Waals surface area contributed by atoms with E-state index < -0.39 is 0 Å². The van der Waals surface area contributed by atoms with Crippen LogP contribution in [0.5, 0.6) is 0 Å². The normalized spacial score (nSPS) is 25.0. The van der Waals surface area contributed by atoms with Crippen molar-refractivity contribution < 1.29 is 9.47 Å². The predicted octanol–water partition coefficient (Wildman–Crippen LogP) is 1.36. The minimum Gasteiger partial charge on any atom is -0.383 e. The lowest BCUT2D eigenvalue weighted by Gasteiger charge is -2.32. The average Bonchev–Trinajstić information content (AvgIpc) is 2.36. The summed E-state index contributed by atoms with van der Waals surface area (Å²) in [7, 11) is 3.89. The fourth-order valence-corrected chi connectivity index (χ4v) is 2.30. The third-order valence-corrected chi connectivity index (χ3v) is 3.66. The highest BCUT2D eigenvalue weighted by atomic mass is 16.5. The van der Waals surface area contributed by atoms with E-state index in [-0.39, 0.29) is 0 Å². The number of nitrogens with zero attached hydrogens (tertiary/aromatic N) is 1. The summed E-state index contributed by atoms with van der Waals surface area (Å²) in [5, 5.41) is 3.65. The quantitative estimate of drug-likeness (QED) is 0.713. The zero-order chi connectivity index (χ0) is 13.4. The predicted molar refractivity (Wildman–Crippen MR) is 75.0 cm³/mol. The molecule has 4 nitrogen and oxygen atoms in total. The van der Waals surface area contributed by atoms with E-state index in [0.29, 0.717) is 18.1 Å². The lowest BCUT2D eigenvalue weighted by Crippen LogP contribution is -2.43. The van der Waals surface area contributed by atoms with Crippen LogP contribution in [0, 0.1) is 5.92 Å². The summed E-state index contributed by atoms with van der Waals surface area (Å²) in [6.07, 6.45) is 2.73. The van der Waals surface area contributed by atoms with Crippen LogP contribution in [0.25, 0.3) is 0 Å². The van der Waals surface area contributed by atoms with Crippen molar-refractivity contribution in [3.05, 3.63) is 0 Å². The van der Waals surface area contributed by atoms with Crippen molar-refractivity contribution in [1.29, 1.82) is 0 Å². The molecule has 0 bridgehead atoms. The first-order valence-corrected chi connectivity index (χ1v) is 7.16. The van der Waals surface area contributed by atoms with Gasteiger partial charge in [0.05, 0.1) is 12.7 Å². The largest absolute Gasteiger partial charge is 0.383 e. The van der Waals surface area contributed by atoms with Gasteiger partial charge in [0.2, 0.25) is 0 Å². The molecule has 0 aromatic rings. The monoisotopic (exact) mass is 258 g/mol. The molecule has 2 atom stereocenters. The Morgan fingerprint density at radius 2 is 2.17 bits per heavy atom. The Hall–Kier alpha value is -0.160. The van der Waals surface area contributed by atoms with Crippen molar-refractivity contribution >= 4 is 0 Å². The van der Waals surface area contributed by atoms with Crippen molar-refractivity contribution in [2.24, 2.45) is 5.92 Å². The molecule has 1 rings (SSSR count). The Labute approximate surface area is 112 Å². The molecule has 1 fully saturated rings. The molecule has 0 spiro atoms. The fourth-order valence-electron chi connectivity index (χ4n) is 2.30. The number of methoxy groups -OCH3 is 1. The van der Waals surface area contributed by atoms with E-state index in [2.05, 4.69) is 31.1 Å². The molecule has 108 valence electrons. The van der Waals surface area contributed by atoms with E-state index in [1.807, 2.05) is 0 Å². The summed E-state index contributed by atoms with van der Waals surface area (Å²) in [6, 6.07) is 0.627. The van der Waals surface area contributed by atoms with Gasteiger partial charge in [-0.15, -0.1) is 0 Å². The molecule has 18 heavy (non-hydrogen) atoms. The number of nitrogens with one attached hydrogen (secondary N) is 1. The van der Waals surface area contributed by atoms with Gasteiger partial charge in [-0.2, -0.15) is 0 Å². The van der Waals surface area contributed by atoms with Gasteiger partial charge in [-0.1, -0.05) is 13.8 Å². The molecule has 0 radical (unpaired) electrons. The van der Waals surface area contributed by atoms with E-state index in [4.69, 9.17) is 9.47 Å². The maximum atomic E-state index is 5.78. The third-order valence-electron chi connectivity index (χ3n) is 3.66. The summed E-state index contributed by atoms with van der Waals surface area (Å²) < 4.78 is 10.9. The first-order valence-electron chi connectivity index (χ1n) is 7.16. The summed E-state index contributed by atoms with van der Waals surface area (Å²) in [4.78, 5) is 2.30. The van der Waals surface area contributed by atoms with Crippen LogP contribution in [0.1, 0.15) is 26.7 Å². The zero-order valence-corrected chi connectivity index (χ0v) is 12.4. The van der Waals surface area contributed by atoms with Crippen molar-refractivity contribution in [2.45, 2.75) is 38.8 Å². The maximum absolute atomic E-state index is 5.78. The molecule has 0 aromatic heterocycles. The van der Waals surface area contributed by atoms with Crippen molar-refractivity contribution in [1.82, 2.24) is 10.2 Å². The molecule has 1 N–H and O–H groups in total. The first-order chi connectivity index (χ1) is 8.63. The van der Waals surface area contributed by atoms with Gasteiger partial charge >= 0.3 is 0 Å². The van der Waals surface area contributed by atoms with Crippen LogP contribution in [0.15, 0.2) is 0 Å². The molecule has 0 aliphatic carbocycles. The molecule has 2 unspecified atom stereocenters. The standard InChI is InChI=1S/C14H30N2O2/c1-12(2)14-11-13(5-9-18-14)15-6-7-16(3)8-10-17-4/h12-15H,5-11H2,1-4H3. The van der Waals surface area contributed by atoms with Gasteiger partial charge < -0.3 is 19.7 Å². The van der Waals surface area contributed by atoms with Crippen LogP contribution in [-0.4, -0.2) is 64.1 Å². The van der Waals surface area contributed by atoms with Crippen molar-refractivity contribution in [3.8, 4) is 0 Å². The topological polar surface area (TPSA) is 33.7 Å². The second kappa shape index (κ2) is 8.86. The van der Waals surface area contributed by atoms with Gasteiger partial charge in [0.15, 0.2) is 0 Å². The van der Waals surface area contributed by atoms with E-state index in [1.165, 1.54) is 0 Å². The second-order valence-electron chi connectivity index (χ2n) is 5.62. The smallest absolute Gasteiger partial charge is 0.0612 e. The van der Waals surface area contributed by atoms with Crippen molar-refractivity contribution in [3.63, 3.8) is 0 Å². The molecule has 1 saturated heterocycles. The third kappa shape index (κ3) is 6.14. The average molecular weight is 258 g/mol. The molecule has 0 saturated carbocycles. The highest BCUT2D eigenvalue weighted by Gasteiger charge is 2.24. The second-order valence-corrected chi connectivity index (χ2v) is 5.62. The zero-order valence-electron chi connectivity index (χ0n) is 12.4. The fraction of sp³-hybridized carbons (Fsp3) is 1.00. The first kappa shape index (κ1) is 15.9. The molecule has 1 aliphatic heterocycles. The van der Waals surface area contributed by atoms with Gasteiger partial charge in [0.1, 0.15) is 0 Å². The summed E-state index contributed by atoms with van der Waals surface area (Å²) in [5.74, 6) is 0.624. The SMILES string of the molecule is COCCN(C)CCNC1CCOC(C(C)C)C1. The van der Waals surface area contributed by atoms with Gasteiger partial charge in [-0.25, -0.2) is 0 Å². The Morgan fingerprint density at radius 3 is 2.83 bits per heavy atom. The summed E-state index contributed by atoms with van der Waals surface area (Å²) >= 11 is 0. The van der Waals surface area contributed by atoms with Crippen LogP contribution in [-0.2, 0) is 9.47 Å². The molecule has 1 heterocycles. The van der Waals surface area contributed by atoms with E-state index in [9.17, 15) is 0 Å². The summed E-state index contributed by atoms with van der Waals surface area (Å²) in [5.41, 5.74) is 0. The van der Waals surface area contributed by atoms with Crippen molar-refractivity contribution in [2.75, 3.05) is 47.0 Å². The minimum atomic E-state index is 0.433. The minimum absolute atomic E-state index is 0.433. The van der Waals surface area contributed by atoms with Crippen LogP contribution in [0.4, 0.5) is 0 Å². The Kier molecular flexibility index (Phi) is 7.82. The highest BCUT2D eigenvalue weighted by molar-refractivity contribution is 4.78. The lowest BCUT2D eigenvalue weighted by atomic mass is 9.95. The van der Waals surface area contributed by atoms with Gasteiger partial charge in [0, 0.05) is 39.4 Å². The Morgan fingerprint density at radius 1 is 1.39 bits per heavy atom.